The maximum atomic E-state index is 13.3. The van der Waals surface area contributed by atoms with Crippen LogP contribution in [0, 0.1) is 11.6 Å². The number of hydrogen-bond acceptors (Lipinski definition) is 1. The summed E-state index contributed by atoms with van der Waals surface area (Å²) in [5.74, 6) is -1.61. The van der Waals surface area contributed by atoms with Gasteiger partial charge in [-0.2, -0.15) is 0 Å². The molecule has 2 aromatic carbocycles. The first-order valence-electron chi connectivity index (χ1n) is 6.84. The third kappa shape index (κ3) is 3.42. The molecule has 0 spiro atoms. The largest absolute Gasteiger partial charge is 0.313 e. The molecule has 0 saturated carbocycles. The molecule has 1 N–H and O–H groups in total. The smallest absolute Gasteiger partial charge is 0.159 e. The molecule has 0 aromatic heterocycles. The van der Waals surface area contributed by atoms with Crippen molar-refractivity contribution in [1.82, 2.24) is 5.32 Å². The molecule has 1 nitrogen and oxygen atoms in total. The van der Waals surface area contributed by atoms with E-state index in [0.29, 0.717) is 0 Å². The highest BCUT2D eigenvalue weighted by atomic mass is 19.2. The number of hydrogen-bond donors (Lipinski definition) is 1. The summed E-state index contributed by atoms with van der Waals surface area (Å²) in [6.07, 6.45) is 1.75. The Balaban J connectivity index is 2.16. The zero-order valence-corrected chi connectivity index (χ0v) is 11.8. The minimum atomic E-state index is -0.809. The van der Waals surface area contributed by atoms with Crippen molar-refractivity contribution in [3.8, 4) is 0 Å². The Hall–Kier alpha value is -1.74. The molecule has 0 aliphatic heterocycles. The van der Waals surface area contributed by atoms with E-state index in [0.717, 1.165) is 18.4 Å². The van der Waals surface area contributed by atoms with Gasteiger partial charge in [-0.15, -0.1) is 0 Å². The highest BCUT2D eigenvalue weighted by molar-refractivity contribution is 5.27. The van der Waals surface area contributed by atoms with Crippen LogP contribution in [0.5, 0.6) is 0 Å². The Morgan fingerprint density at radius 2 is 1.60 bits per heavy atom. The van der Waals surface area contributed by atoms with E-state index in [1.165, 1.54) is 23.3 Å². The molecular weight excluding hydrogens is 256 g/mol. The van der Waals surface area contributed by atoms with Crippen LogP contribution in [0.1, 0.15) is 29.7 Å². The molecule has 3 heteroatoms. The first kappa shape index (κ1) is 14.7. The molecule has 20 heavy (non-hydrogen) atoms. The van der Waals surface area contributed by atoms with Crippen LogP contribution in [0.4, 0.5) is 8.78 Å². The monoisotopic (exact) mass is 275 g/mol. The number of nitrogens with one attached hydrogen (secondary N) is 1. The van der Waals surface area contributed by atoms with Gasteiger partial charge in [0.1, 0.15) is 0 Å². The third-order valence-corrected chi connectivity index (χ3v) is 3.57. The Kier molecular flexibility index (Phi) is 4.85. The highest BCUT2D eigenvalue weighted by Crippen LogP contribution is 2.20. The van der Waals surface area contributed by atoms with Crippen molar-refractivity contribution in [3.05, 3.63) is 70.8 Å². The fourth-order valence-electron chi connectivity index (χ4n) is 2.26. The van der Waals surface area contributed by atoms with E-state index in [9.17, 15) is 8.78 Å². The van der Waals surface area contributed by atoms with Crippen LogP contribution in [0.2, 0.25) is 0 Å². The molecule has 0 heterocycles. The lowest BCUT2D eigenvalue weighted by molar-refractivity contribution is 0.501. The summed E-state index contributed by atoms with van der Waals surface area (Å²) < 4.78 is 26.3. The van der Waals surface area contributed by atoms with E-state index < -0.39 is 11.6 Å². The van der Waals surface area contributed by atoms with E-state index in [1.807, 2.05) is 7.05 Å². The predicted molar refractivity (Wildman–Crippen MR) is 77.7 cm³/mol. The van der Waals surface area contributed by atoms with Crippen LogP contribution in [0.25, 0.3) is 0 Å². The van der Waals surface area contributed by atoms with Crippen LogP contribution in [0.3, 0.4) is 0 Å². The van der Waals surface area contributed by atoms with Crippen LogP contribution in [0.15, 0.2) is 42.5 Å². The zero-order valence-electron chi connectivity index (χ0n) is 11.8. The van der Waals surface area contributed by atoms with E-state index in [1.54, 1.807) is 6.07 Å². The molecular formula is C17H19F2N. The lowest BCUT2D eigenvalue weighted by Crippen LogP contribution is -2.19. The second-order valence-corrected chi connectivity index (χ2v) is 4.89. The van der Waals surface area contributed by atoms with Gasteiger partial charge in [0.2, 0.25) is 0 Å². The van der Waals surface area contributed by atoms with E-state index in [4.69, 9.17) is 0 Å². The minimum Gasteiger partial charge on any atom is -0.313 e. The van der Waals surface area contributed by atoms with Crippen molar-refractivity contribution in [2.24, 2.45) is 0 Å². The molecule has 0 aliphatic carbocycles. The van der Waals surface area contributed by atoms with Gasteiger partial charge in [-0.1, -0.05) is 37.3 Å². The van der Waals surface area contributed by atoms with Gasteiger partial charge in [0.15, 0.2) is 11.6 Å². The summed E-state index contributed by atoms with van der Waals surface area (Å²) in [6.45, 7) is 2.12. The van der Waals surface area contributed by atoms with Gasteiger partial charge in [0, 0.05) is 6.04 Å². The zero-order chi connectivity index (χ0) is 14.5. The first-order chi connectivity index (χ1) is 9.63. The van der Waals surface area contributed by atoms with Gasteiger partial charge in [0.25, 0.3) is 0 Å². The molecule has 2 rings (SSSR count). The van der Waals surface area contributed by atoms with Gasteiger partial charge < -0.3 is 5.32 Å². The second kappa shape index (κ2) is 6.62. The molecule has 106 valence electrons. The topological polar surface area (TPSA) is 12.0 Å². The van der Waals surface area contributed by atoms with Crippen molar-refractivity contribution in [1.29, 1.82) is 0 Å². The Morgan fingerprint density at radius 3 is 2.15 bits per heavy atom. The van der Waals surface area contributed by atoms with E-state index in [-0.39, 0.29) is 6.04 Å². The van der Waals surface area contributed by atoms with Crippen LogP contribution in [-0.4, -0.2) is 7.05 Å². The molecule has 2 aromatic rings. The van der Waals surface area contributed by atoms with Crippen molar-refractivity contribution in [2.45, 2.75) is 25.8 Å². The van der Waals surface area contributed by atoms with Crippen LogP contribution < -0.4 is 5.32 Å². The summed E-state index contributed by atoms with van der Waals surface area (Å²) in [4.78, 5) is 0. The van der Waals surface area contributed by atoms with Gasteiger partial charge >= 0.3 is 0 Å². The van der Waals surface area contributed by atoms with Gasteiger partial charge in [-0.05, 0) is 48.7 Å². The molecule has 0 bridgehead atoms. The molecule has 1 unspecified atom stereocenters. The van der Waals surface area contributed by atoms with E-state index in [2.05, 4.69) is 36.5 Å². The number of likely N-dealkylation sites (N-methyl/N-ethyl adjacent to an activating group) is 1. The second-order valence-electron chi connectivity index (χ2n) is 4.89. The minimum absolute atomic E-state index is 0.0300. The van der Waals surface area contributed by atoms with Crippen LogP contribution >= 0.6 is 0 Å². The van der Waals surface area contributed by atoms with Crippen molar-refractivity contribution < 1.29 is 8.78 Å². The number of aryl methyl sites for hydroxylation is 1. The normalized spacial score (nSPS) is 12.4. The molecule has 0 aliphatic rings. The summed E-state index contributed by atoms with van der Waals surface area (Å²) in [6, 6.07) is 12.4. The van der Waals surface area contributed by atoms with Crippen molar-refractivity contribution in [2.75, 3.05) is 7.05 Å². The number of benzene rings is 2. The Labute approximate surface area is 118 Å². The van der Waals surface area contributed by atoms with Gasteiger partial charge in [0.05, 0.1) is 0 Å². The van der Waals surface area contributed by atoms with Crippen molar-refractivity contribution >= 4 is 0 Å². The summed E-state index contributed by atoms with van der Waals surface area (Å²) >= 11 is 0. The molecule has 1 atom stereocenters. The average Bonchev–Trinajstić information content (AvgIpc) is 2.48. The third-order valence-electron chi connectivity index (χ3n) is 3.57. The highest BCUT2D eigenvalue weighted by Gasteiger charge is 2.12. The maximum absolute atomic E-state index is 13.3. The van der Waals surface area contributed by atoms with Gasteiger partial charge in [-0.3, -0.25) is 0 Å². The Bertz CT molecular complexity index is 564. The summed E-state index contributed by atoms with van der Waals surface area (Å²) in [5, 5.41) is 3.15. The maximum Gasteiger partial charge on any atom is 0.159 e. The fraction of sp³-hybridized carbons (Fsp3) is 0.294. The average molecular weight is 275 g/mol. The lowest BCUT2D eigenvalue weighted by Gasteiger charge is -2.17. The SMILES string of the molecule is CCc1ccc(CC(NC)c2ccc(F)c(F)c2)cc1. The standard InChI is InChI=1S/C17H19F2N/c1-3-12-4-6-13(7-5-12)10-17(20-2)14-8-9-15(18)16(19)11-14/h4-9,11,17,20H,3,10H2,1-2H3. The van der Waals surface area contributed by atoms with E-state index >= 15 is 0 Å². The quantitative estimate of drug-likeness (QED) is 0.868. The summed E-state index contributed by atoms with van der Waals surface area (Å²) in [5.41, 5.74) is 3.22. The molecule has 0 radical (unpaired) electrons. The molecule has 0 fully saturated rings. The Morgan fingerprint density at radius 1 is 0.950 bits per heavy atom. The molecule has 0 amide bonds. The van der Waals surface area contributed by atoms with Crippen LogP contribution in [-0.2, 0) is 12.8 Å². The van der Waals surface area contributed by atoms with Gasteiger partial charge in [-0.25, -0.2) is 8.78 Å². The number of rotatable bonds is 5. The fourth-order valence-corrected chi connectivity index (χ4v) is 2.26. The number of halogens is 2. The van der Waals surface area contributed by atoms with Crippen molar-refractivity contribution in [3.63, 3.8) is 0 Å². The molecule has 0 saturated heterocycles. The predicted octanol–water partition coefficient (Wildman–Crippen LogP) is 4.03. The summed E-state index contributed by atoms with van der Waals surface area (Å²) in [7, 11) is 1.83. The lowest BCUT2D eigenvalue weighted by atomic mass is 9.98. The first-order valence-corrected chi connectivity index (χ1v) is 6.84.